The van der Waals surface area contributed by atoms with E-state index in [-0.39, 0.29) is 20.1 Å². The second kappa shape index (κ2) is 14.4. The van der Waals surface area contributed by atoms with Crippen LogP contribution in [-0.2, 0) is 26.5 Å². The van der Waals surface area contributed by atoms with Gasteiger partial charge in [0.15, 0.2) is 0 Å². The van der Waals surface area contributed by atoms with Gasteiger partial charge in [-0.05, 0) is 62.8 Å². The van der Waals surface area contributed by atoms with Gasteiger partial charge in [-0.1, -0.05) is 102 Å². The van der Waals surface area contributed by atoms with Crippen LogP contribution < -0.4 is 0 Å². The molecule has 0 fully saturated rings. The fourth-order valence-electron chi connectivity index (χ4n) is 5.33. The molecule has 0 saturated heterocycles. The molecule has 0 spiro atoms. The average molecular weight is 773 g/mol. The zero-order chi connectivity index (χ0) is 29.6. The summed E-state index contributed by atoms with van der Waals surface area (Å²) in [7, 11) is 0. The van der Waals surface area contributed by atoms with Crippen LogP contribution in [-0.4, -0.2) is 9.97 Å². The fraction of sp³-hybridized carbons (Fsp3) is 0.0244. The molecule has 0 aliphatic rings. The number of thiophene rings is 1. The molecule has 0 N–H and O–H groups in total. The molecule has 5 aromatic carbocycles. The van der Waals surface area contributed by atoms with Crippen LogP contribution in [0.3, 0.4) is 0 Å². The summed E-state index contributed by atoms with van der Waals surface area (Å²) < 4.78 is 2.59. The van der Waals surface area contributed by atoms with Gasteiger partial charge in [-0.15, -0.1) is 59.2 Å². The average Bonchev–Trinajstić information content (AvgIpc) is 3.48. The van der Waals surface area contributed by atoms with E-state index in [9.17, 15) is 0 Å². The standard InChI is InChI=1S/C24H16NS.C17H12N.Ir/c1-2-6-17(7-3-1)14-18-12-13-25-22(15-18)19-10-11-24-21(16-19)20-8-4-5-9-23(20)26-24;1-2-7-14(8-3-1)15-9-6-10-16(13-15)17-11-4-5-12-18-17;/h1-9,11-13,15-16H,14H2;1-9,11-13H;/q2*-1;. The van der Waals surface area contributed by atoms with Gasteiger partial charge < -0.3 is 9.97 Å². The van der Waals surface area contributed by atoms with Crippen LogP contribution >= 0.6 is 11.3 Å². The Labute approximate surface area is 281 Å². The first-order valence-electron chi connectivity index (χ1n) is 14.6. The second-order valence-corrected chi connectivity index (χ2v) is 11.6. The molecule has 2 nitrogen and oxygen atoms in total. The SMILES string of the molecule is [Ir].[c-]1cc2sc3ccccc3c2cc1-c1cc(Cc2ccccc2)ccn1.[c-]1ccc(-c2ccccc2)cc1-c1ccccn1. The number of aromatic nitrogens is 2. The van der Waals surface area contributed by atoms with Crippen molar-refractivity contribution in [3.63, 3.8) is 0 Å². The van der Waals surface area contributed by atoms with Crippen LogP contribution in [0.25, 0.3) is 53.8 Å². The number of pyridine rings is 2. The summed E-state index contributed by atoms with van der Waals surface area (Å²) in [5.41, 5.74) is 9.00. The molecule has 0 saturated carbocycles. The number of fused-ring (bicyclic) bond motifs is 3. The van der Waals surface area contributed by atoms with Crippen molar-refractivity contribution in [3.05, 3.63) is 181 Å². The first kappa shape index (κ1) is 30.3. The smallest absolute Gasteiger partial charge is 0.0239 e. The van der Waals surface area contributed by atoms with Crippen molar-refractivity contribution in [2.24, 2.45) is 0 Å². The largest absolute Gasteiger partial charge is 0.305 e. The summed E-state index contributed by atoms with van der Waals surface area (Å²) in [6.45, 7) is 0. The van der Waals surface area contributed by atoms with Crippen molar-refractivity contribution in [3.8, 4) is 33.6 Å². The summed E-state index contributed by atoms with van der Waals surface area (Å²) in [5.74, 6) is 0. The van der Waals surface area contributed by atoms with Crippen molar-refractivity contribution in [1.82, 2.24) is 9.97 Å². The molecule has 45 heavy (non-hydrogen) atoms. The Morgan fingerprint density at radius 2 is 1.24 bits per heavy atom. The third-order valence-corrected chi connectivity index (χ3v) is 8.64. The molecule has 8 rings (SSSR count). The van der Waals surface area contributed by atoms with Gasteiger partial charge >= 0.3 is 0 Å². The number of hydrogen-bond acceptors (Lipinski definition) is 3. The Balaban J connectivity index is 0.000000166. The Bertz CT molecular complexity index is 2090. The van der Waals surface area contributed by atoms with E-state index >= 15 is 0 Å². The van der Waals surface area contributed by atoms with E-state index < -0.39 is 0 Å². The van der Waals surface area contributed by atoms with Gasteiger partial charge in [0.2, 0.25) is 0 Å². The quantitative estimate of drug-likeness (QED) is 0.163. The molecular weight excluding hydrogens is 745 g/mol. The Morgan fingerprint density at radius 3 is 2.07 bits per heavy atom. The Kier molecular flexibility index (Phi) is 9.67. The molecule has 4 heteroatoms. The van der Waals surface area contributed by atoms with Crippen molar-refractivity contribution in [1.29, 1.82) is 0 Å². The van der Waals surface area contributed by atoms with Gasteiger partial charge in [0.05, 0.1) is 0 Å². The van der Waals surface area contributed by atoms with E-state index in [1.54, 1.807) is 6.20 Å². The van der Waals surface area contributed by atoms with Crippen LogP contribution in [0.4, 0.5) is 0 Å². The fourth-order valence-corrected chi connectivity index (χ4v) is 6.40. The third-order valence-electron chi connectivity index (χ3n) is 7.51. The molecule has 0 bridgehead atoms. The molecule has 0 atom stereocenters. The van der Waals surface area contributed by atoms with Crippen molar-refractivity contribution in [2.75, 3.05) is 0 Å². The minimum atomic E-state index is 0. The summed E-state index contributed by atoms with van der Waals surface area (Å²) in [6.07, 6.45) is 4.62. The summed E-state index contributed by atoms with van der Waals surface area (Å²) >= 11 is 1.82. The van der Waals surface area contributed by atoms with Crippen molar-refractivity contribution < 1.29 is 20.1 Å². The third kappa shape index (κ3) is 7.16. The van der Waals surface area contributed by atoms with E-state index in [0.29, 0.717) is 0 Å². The summed E-state index contributed by atoms with van der Waals surface area (Å²) in [4.78, 5) is 8.95. The van der Waals surface area contributed by atoms with Crippen LogP contribution in [0.5, 0.6) is 0 Å². The Hall–Kier alpha value is -4.73. The van der Waals surface area contributed by atoms with Crippen LogP contribution in [0.1, 0.15) is 11.1 Å². The second-order valence-electron chi connectivity index (χ2n) is 10.5. The van der Waals surface area contributed by atoms with Gasteiger partial charge in [0.25, 0.3) is 0 Å². The molecule has 0 aliphatic carbocycles. The minimum Gasteiger partial charge on any atom is -0.305 e. The molecular formula is C41H28IrN2S-2. The topological polar surface area (TPSA) is 25.8 Å². The zero-order valence-corrected chi connectivity index (χ0v) is 27.6. The molecule has 0 unspecified atom stereocenters. The first-order chi connectivity index (χ1) is 21.8. The van der Waals surface area contributed by atoms with Crippen LogP contribution in [0.15, 0.2) is 158 Å². The van der Waals surface area contributed by atoms with Crippen molar-refractivity contribution in [2.45, 2.75) is 6.42 Å². The number of hydrogen-bond donors (Lipinski definition) is 0. The molecule has 0 aliphatic heterocycles. The van der Waals surface area contributed by atoms with E-state index in [1.165, 1.54) is 42.4 Å². The van der Waals surface area contributed by atoms with Crippen LogP contribution in [0.2, 0.25) is 0 Å². The number of nitrogens with zero attached hydrogens (tertiary/aromatic N) is 2. The first-order valence-corrected chi connectivity index (χ1v) is 15.4. The monoisotopic (exact) mass is 773 g/mol. The number of benzene rings is 5. The van der Waals surface area contributed by atoms with E-state index in [4.69, 9.17) is 0 Å². The molecule has 8 aromatic rings. The van der Waals surface area contributed by atoms with Gasteiger partial charge in [-0.2, -0.15) is 11.3 Å². The van der Waals surface area contributed by atoms with Crippen molar-refractivity contribution >= 4 is 31.5 Å². The van der Waals surface area contributed by atoms with Gasteiger partial charge in [0.1, 0.15) is 0 Å². The minimum absolute atomic E-state index is 0. The van der Waals surface area contributed by atoms with Gasteiger partial charge in [0, 0.05) is 37.2 Å². The van der Waals surface area contributed by atoms with E-state index in [2.05, 4.69) is 125 Å². The zero-order valence-electron chi connectivity index (χ0n) is 24.4. The number of rotatable bonds is 5. The molecule has 219 valence electrons. The maximum absolute atomic E-state index is 4.59. The maximum Gasteiger partial charge on any atom is 0.0239 e. The summed E-state index contributed by atoms with van der Waals surface area (Å²) in [5, 5.41) is 2.60. The predicted molar refractivity (Wildman–Crippen MR) is 185 cm³/mol. The molecule has 3 aromatic heterocycles. The molecule has 1 radical (unpaired) electrons. The molecule has 0 amide bonds. The maximum atomic E-state index is 4.59. The van der Waals surface area contributed by atoms with E-state index in [0.717, 1.165) is 28.9 Å². The van der Waals surface area contributed by atoms with Gasteiger partial charge in [-0.3, -0.25) is 0 Å². The predicted octanol–water partition coefficient (Wildman–Crippen LogP) is 10.7. The Morgan fingerprint density at radius 1 is 0.511 bits per heavy atom. The van der Waals surface area contributed by atoms with E-state index in [1.807, 2.05) is 60.0 Å². The normalized spacial score (nSPS) is 10.6. The molecule has 3 heterocycles. The van der Waals surface area contributed by atoms with Gasteiger partial charge in [-0.25, -0.2) is 0 Å². The van der Waals surface area contributed by atoms with Crippen LogP contribution in [0, 0.1) is 12.1 Å². The summed E-state index contributed by atoms with van der Waals surface area (Å²) in [6, 6.07) is 56.8.